The molecule has 0 aliphatic carbocycles. The smallest absolute Gasteiger partial charge is 0.313 e. The highest BCUT2D eigenvalue weighted by Crippen LogP contribution is 2.27. The van der Waals surface area contributed by atoms with Gasteiger partial charge in [-0.1, -0.05) is 30.3 Å². The van der Waals surface area contributed by atoms with Crippen LogP contribution in [0.5, 0.6) is 5.75 Å². The predicted molar refractivity (Wildman–Crippen MR) is 94.6 cm³/mol. The van der Waals surface area contributed by atoms with E-state index in [-0.39, 0.29) is 25.0 Å². The zero-order valence-corrected chi connectivity index (χ0v) is 14.4. The lowest BCUT2D eigenvalue weighted by atomic mass is 9.97. The lowest BCUT2D eigenvalue weighted by Gasteiger charge is -2.23. The van der Waals surface area contributed by atoms with Gasteiger partial charge < -0.3 is 14.8 Å². The van der Waals surface area contributed by atoms with Gasteiger partial charge in [-0.05, 0) is 49.1 Å². The summed E-state index contributed by atoms with van der Waals surface area (Å²) >= 11 is 0. The maximum Gasteiger partial charge on any atom is 0.313 e. The molecule has 130 valence electrons. The zero-order valence-electron chi connectivity index (χ0n) is 14.4. The van der Waals surface area contributed by atoms with E-state index < -0.39 is 5.97 Å². The first-order chi connectivity index (χ1) is 12.0. The number of amides is 1. The number of carbonyl (C=O) groups excluding carboxylic acids is 2. The van der Waals surface area contributed by atoms with Gasteiger partial charge in [0, 0.05) is 5.69 Å². The highest BCUT2D eigenvalue weighted by Gasteiger charge is 2.27. The van der Waals surface area contributed by atoms with E-state index in [0.29, 0.717) is 6.42 Å². The fraction of sp³-hybridized carbons (Fsp3) is 0.300. The van der Waals surface area contributed by atoms with E-state index in [1.165, 1.54) is 0 Å². The highest BCUT2D eigenvalue weighted by atomic mass is 16.5. The number of esters is 1. The number of rotatable bonds is 4. The molecule has 1 unspecified atom stereocenters. The number of fused-ring (bicyclic) bond motifs is 1. The van der Waals surface area contributed by atoms with E-state index in [2.05, 4.69) is 5.32 Å². The van der Waals surface area contributed by atoms with Gasteiger partial charge in [-0.2, -0.15) is 0 Å². The van der Waals surface area contributed by atoms with Gasteiger partial charge in [-0.15, -0.1) is 0 Å². The van der Waals surface area contributed by atoms with Crippen molar-refractivity contribution in [2.24, 2.45) is 5.92 Å². The van der Waals surface area contributed by atoms with Crippen molar-refractivity contribution in [3.63, 3.8) is 0 Å². The molecule has 1 N–H and O–H groups in total. The van der Waals surface area contributed by atoms with Crippen LogP contribution in [0.3, 0.4) is 0 Å². The number of nitrogens with one attached hydrogen (secondary N) is 1. The van der Waals surface area contributed by atoms with Crippen LogP contribution in [0, 0.1) is 19.8 Å². The van der Waals surface area contributed by atoms with Crippen LogP contribution in [0.25, 0.3) is 0 Å². The van der Waals surface area contributed by atoms with Gasteiger partial charge in [0.05, 0.1) is 5.92 Å². The lowest BCUT2D eigenvalue weighted by molar-refractivity contribution is -0.152. The summed E-state index contributed by atoms with van der Waals surface area (Å²) in [5.41, 5.74) is 3.73. The molecule has 0 fully saturated rings. The Labute approximate surface area is 147 Å². The van der Waals surface area contributed by atoms with Gasteiger partial charge in [-0.3, -0.25) is 9.59 Å². The van der Waals surface area contributed by atoms with Crippen molar-refractivity contribution in [2.45, 2.75) is 20.3 Å². The molecule has 0 saturated carbocycles. The molecule has 0 saturated heterocycles. The number of carbonyl (C=O) groups is 2. The molecule has 3 rings (SSSR count). The molecule has 1 atom stereocenters. The first kappa shape index (κ1) is 17.0. The molecule has 2 aromatic rings. The minimum Gasteiger partial charge on any atom is -0.492 e. The van der Waals surface area contributed by atoms with Crippen molar-refractivity contribution in [1.82, 2.24) is 0 Å². The normalized spacial score (nSPS) is 15.7. The largest absolute Gasteiger partial charge is 0.492 e. The minimum absolute atomic E-state index is 0.272. The van der Waals surface area contributed by atoms with Crippen molar-refractivity contribution in [1.29, 1.82) is 0 Å². The molecular weight excluding hydrogens is 318 g/mol. The lowest BCUT2D eigenvalue weighted by Crippen LogP contribution is -2.32. The van der Waals surface area contributed by atoms with Crippen LogP contribution in [-0.2, 0) is 20.7 Å². The van der Waals surface area contributed by atoms with Gasteiger partial charge in [0.1, 0.15) is 12.4 Å². The molecule has 0 bridgehead atoms. The van der Waals surface area contributed by atoms with Crippen molar-refractivity contribution in [2.75, 3.05) is 18.5 Å². The Hall–Kier alpha value is -2.82. The Morgan fingerprint density at radius 3 is 2.84 bits per heavy atom. The molecule has 1 aliphatic heterocycles. The third-order valence-corrected chi connectivity index (χ3v) is 4.22. The Balaban J connectivity index is 1.52. The first-order valence-electron chi connectivity index (χ1n) is 8.27. The number of benzene rings is 2. The van der Waals surface area contributed by atoms with Crippen LogP contribution in [-0.4, -0.2) is 25.1 Å². The van der Waals surface area contributed by atoms with Crippen molar-refractivity contribution in [3.8, 4) is 5.75 Å². The Morgan fingerprint density at radius 2 is 2.00 bits per heavy atom. The summed E-state index contributed by atoms with van der Waals surface area (Å²) < 4.78 is 10.8. The molecule has 1 amide bonds. The van der Waals surface area contributed by atoms with Gasteiger partial charge in [0.25, 0.3) is 5.91 Å². The molecule has 25 heavy (non-hydrogen) atoms. The molecule has 2 aromatic carbocycles. The van der Waals surface area contributed by atoms with Crippen molar-refractivity contribution < 1.29 is 19.1 Å². The highest BCUT2D eigenvalue weighted by molar-refractivity contribution is 5.93. The second-order valence-electron chi connectivity index (χ2n) is 6.29. The van der Waals surface area contributed by atoms with Crippen LogP contribution in [0.2, 0.25) is 0 Å². The summed E-state index contributed by atoms with van der Waals surface area (Å²) in [5.74, 6) is -0.340. The fourth-order valence-electron chi connectivity index (χ4n) is 2.79. The van der Waals surface area contributed by atoms with E-state index in [1.807, 2.05) is 56.3 Å². The average molecular weight is 339 g/mol. The third kappa shape index (κ3) is 4.18. The fourth-order valence-corrected chi connectivity index (χ4v) is 2.79. The van der Waals surface area contributed by atoms with Crippen LogP contribution in [0.15, 0.2) is 42.5 Å². The SMILES string of the molecule is Cc1ccc(C)c(NC(=O)COC(=O)C2COc3ccccc3C2)c1. The molecule has 1 aliphatic rings. The van der Waals surface area contributed by atoms with Crippen molar-refractivity contribution >= 4 is 17.6 Å². The summed E-state index contributed by atoms with van der Waals surface area (Å²) in [5, 5.41) is 2.78. The van der Waals surface area contributed by atoms with E-state index in [4.69, 9.17) is 9.47 Å². The summed E-state index contributed by atoms with van der Waals surface area (Å²) in [6.07, 6.45) is 0.563. The Bertz CT molecular complexity index is 800. The minimum atomic E-state index is -0.411. The second kappa shape index (κ2) is 7.38. The van der Waals surface area contributed by atoms with Crippen LogP contribution in [0.1, 0.15) is 16.7 Å². The summed E-state index contributed by atoms with van der Waals surface area (Å²) in [6.45, 7) is 3.84. The number of anilines is 1. The van der Waals surface area contributed by atoms with Gasteiger partial charge in [0.15, 0.2) is 6.61 Å². The van der Waals surface area contributed by atoms with E-state index >= 15 is 0 Å². The predicted octanol–water partition coefficient (Wildman–Crippen LogP) is 3.04. The summed E-state index contributed by atoms with van der Waals surface area (Å²) in [4.78, 5) is 24.2. The molecule has 0 radical (unpaired) electrons. The number of hydrogen-bond donors (Lipinski definition) is 1. The maximum absolute atomic E-state index is 12.2. The van der Waals surface area contributed by atoms with Crippen LogP contribution in [0.4, 0.5) is 5.69 Å². The molecule has 5 heteroatoms. The summed E-state index contributed by atoms with van der Waals surface area (Å²) in [6, 6.07) is 13.4. The average Bonchev–Trinajstić information content (AvgIpc) is 2.62. The van der Waals surface area contributed by atoms with Crippen LogP contribution < -0.4 is 10.1 Å². The first-order valence-corrected chi connectivity index (χ1v) is 8.27. The Kier molecular flexibility index (Phi) is 5.03. The molecule has 5 nitrogen and oxygen atoms in total. The molecular formula is C20H21NO4. The van der Waals surface area contributed by atoms with E-state index in [1.54, 1.807) is 0 Å². The van der Waals surface area contributed by atoms with Crippen molar-refractivity contribution in [3.05, 3.63) is 59.2 Å². The molecule has 1 heterocycles. The quantitative estimate of drug-likeness (QED) is 0.870. The van der Waals surface area contributed by atoms with Gasteiger partial charge >= 0.3 is 5.97 Å². The topological polar surface area (TPSA) is 64.6 Å². The number of para-hydroxylation sites is 1. The number of aryl methyl sites for hydroxylation is 2. The monoisotopic (exact) mass is 339 g/mol. The standard InChI is InChI=1S/C20H21NO4/c1-13-7-8-14(2)17(9-13)21-19(22)12-25-20(23)16-10-15-5-3-4-6-18(15)24-11-16/h3-9,16H,10-12H2,1-2H3,(H,21,22). The Morgan fingerprint density at radius 1 is 1.20 bits per heavy atom. The second-order valence-corrected chi connectivity index (χ2v) is 6.29. The van der Waals surface area contributed by atoms with E-state index in [9.17, 15) is 9.59 Å². The zero-order chi connectivity index (χ0) is 17.8. The maximum atomic E-state index is 12.2. The third-order valence-electron chi connectivity index (χ3n) is 4.22. The van der Waals surface area contributed by atoms with Crippen LogP contribution >= 0.6 is 0 Å². The number of hydrogen-bond acceptors (Lipinski definition) is 4. The van der Waals surface area contributed by atoms with Gasteiger partial charge in [0.2, 0.25) is 0 Å². The molecule has 0 spiro atoms. The summed E-state index contributed by atoms with van der Waals surface area (Å²) in [7, 11) is 0. The number of ether oxygens (including phenoxy) is 2. The molecule has 0 aromatic heterocycles. The van der Waals surface area contributed by atoms with E-state index in [0.717, 1.165) is 28.1 Å². The van der Waals surface area contributed by atoms with Gasteiger partial charge in [-0.25, -0.2) is 0 Å².